The molecule has 8 aromatic carbocycles. The molecule has 0 unspecified atom stereocenters. The van der Waals surface area contributed by atoms with Gasteiger partial charge in [-0.3, -0.25) is 0 Å². The molecule has 0 saturated heterocycles. The maximum absolute atomic E-state index is 9.20. The molecule has 0 atom stereocenters. The fraction of sp³-hybridized carbons (Fsp3) is 0. The molecule has 0 N–H and O–H groups in total. The van der Waals surface area contributed by atoms with Crippen LogP contribution in [0.25, 0.3) is 95.0 Å². The van der Waals surface area contributed by atoms with Gasteiger partial charge in [0, 0.05) is 33.2 Å². The molecule has 0 spiro atoms. The SMILES string of the molecule is [2H]c1c([2H])c([2H])c2c(c1[2H])c1ccc(-c3ccccc3-c3ccccc3)cc1n2-c1cccc(-c2nc(-c3ccccc3)nc(-c3ccc(-c4ccccc4)cc3)n2)c1. The van der Waals surface area contributed by atoms with E-state index in [1.165, 1.54) is 0 Å². The second-order valence-electron chi connectivity index (χ2n) is 13.4. The highest BCUT2D eigenvalue weighted by molar-refractivity contribution is 6.10. The summed E-state index contributed by atoms with van der Waals surface area (Å²) < 4.78 is 37.5. The van der Waals surface area contributed by atoms with Crippen LogP contribution in [0.4, 0.5) is 0 Å². The number of hydrogen-bond acceptors (Lipinski definition) is 3. The Morgan fingerprint density at radius 1 is 0.345 bits per heavy atom. The molecule has 0 aliphatic rings. The van der Waals surface area contributed by atoms with E-state index in [-0.39, 0.29) is 24.2 Å². The summed E-state index contributed by atoms with van der Waals surface area (Å²) in [4.78, 5) is 15.0. The van der Waals surface area contributed by atoms with Gasteiger partial charge in [0.2, 0.25) is 0 Å². The fourth-order valence-electron chi connectivity index (χ4n) is 7.33. The maximum atomic E-state index is 9.20. The summed E-state index contributed by atoms with van der Waals surface area (Å²) in [6, 6.07) is 60.0. The van der Waals surface area contributed by atoms with Crippen LogP contribution in [0.2, 0.25) is 0 Å². The average Bonchev–Trinajstić information content (AvgIpc) is 3.66. The third kappa shape index (κ3) is 6.06. The van der Waals surface area contributed by atoms with E-state index in [0.717, 1.165) is 61.0 Å². The van der Waals surface area contributed by atoms with Crippen LogP contribution >= 0.6 is 0 Å². The minimum Gasteiger partial charge on any atom is -0.309 e. The van der Waals surface area contributed by atoms with Gasteiger partial charge in [0.05, 0.1) is 16.5 Å². The fourth-order valence-corrected chi connectivity index (χ4v) is 7.33. The molecular formula is C51H34N4. The number of benzene rings is 8. The van der Waals surface area contributed by atoms with Gasteiger partial charge >= 0.3 is 0 Å². The molecule has 4 nitrogen and oxygen atoms in total. The van der Waals surface area contributed by atoms with Crippen molar-refractivity contribution >= 4 is 21.8 Å². The van der Waals surface area contributed by atoms with Crippen LogP contribution in [0.15, 0.2) is 206 Å². The maximum Gasteiger partial charge on any atom is 0.164 e. The first kappa shape index (κ1) is 28.1. The van der Waals surface area contributed by atoms with Gasteiger partial charge in [0.1, 0.15) is 0 Å². The lowest BCUT2D eigenvalue weighted by Gasteiger charge is -2.13. The molecule has 0 radical (unpaired) electrons. The molecule has 4 heteroatoms. The van der Waals surface area contributed by atoms with Gasteiger partial charge in [-0.15, -0.1) is 0 Å². The highest BCUT2D eigenvalue weighted by Gasteiger charge is 2.17. The molecule has 10 aromatic rings. The third-order valence-corrected chi connectivity index (χ3v) is 10.0. The Labute approximate surface area is 325 Å². The van der Waals surface area contributed by atoms with E-state index in [4.69, 9.17) is 19.1 Å². The van der Waals surface area contributed by atoms with Crippen molar-refractivity contribution in [2.75, 3.05) is 0 Å². The van der Waals surface area contributed by atoms with Crippen LogP contribution in [0.1, 0.15) is 5.48 Å². The molecular weight excluding hydrogens is 669 g/mol. The lowest BCUT2D eigenvalue weighted by Crippen LogP contribution is -2.01. The lowest BCUT2D eigenvalue weighted by molar-refractivity contribution is 1.07. The predicted octanol–water partition coefficient (Wildman–Crippen LogP) is 13.0. The van der Waals surface area contributed by atoms with Gasteiger partial charge in [-0.2, -0.15) is 0 Å². The van der Waals surface area contributed by atoms with E-state index in [9.17, 15) is 1.37 Å². The summed E-state index contributed by atoms with van der Waals surface area (Å²) in [5.74, 6) is 1.55. The van der Waals surface area contributed by atoms with Gasteiger partial charge in [0.15, 0.2) is 17.5 Å². The molecule has 0 bridgehead atoms. The van der Waals surface area contributed by atoms with E-state index in [0.29, 0.717) is 34.1 Å². The van der Waals surface area contributed by atoms with Crippen LogP contribution < -0.4 is 0 Å². The van der Waals surface area contributed by atoms with Crippen LogP contribution in [-0.4, -0.2) is 19.5 Å². The van der Waals surface area contributed by atoms with E-state index >= 15 is 0 Å². The van der Waals surface area contributed by atoms with Gasteiger partial charge in [-0.1, -0.05) is 182 Å². The standard InChI is InChI=1S/C51H34N4/c1-4-15-35(16-5-1)36-27-29-39(30-28-36)50-52-49(38-19-8-3-9-20-38)53-51(54-50)41-21-14-22-42(33-41)55-47-26-13-12-25-45(47)46-32-31-40(34-48(46)55)44-24-11-10-23-43(44)37-17-6-2-7-18-37/h1-34H/i12D,13D,25D,26D. The van der Waals surface area contributed by atoms with E-state index in [1.54, 1.807) is 0 Å². The Morgan fingerprint density at radius 2 is 0.836 bits per heavy atom. The molecule has 258 valence electrons. The molecule has 2 aromatic heterocycles. The van der Waals surface area contributed by atoms with E-state index in [2.05, 4.69) is 54.6 Å². The number of nitrogens with zero attached hydrogens (tertiary/aromatic N) is 4. The van der Waals surface area contributed by atoms with E-state index < -0.39 is 0 Å². The molecule has 0 aliphatic heterocycles. The minimum absolute atomic E-state index is 0.0776. The number of hydrogen-bond donors (Lipinski definition) is 0. The normalized spacial score (nSPS) is 12.3. The van der Waals surface area contributed by atoms with Crippen molar-refractivity contribution in [2.45, 2.75) is 0 Å². The van der Waals surface area contributed by atoms with Crippen LogP contribution in [0, 0.1) is 0 Å². The van der Waals surface area contributed by atoms with Crippen molar-refractivity contribution in [2.24, 2.45) is 0 Å². The summed E-state index contributed by atoms with van der Waals surface area (Å²) in [6.07, 6.45) is 0. The highest BCUT2D eigenvalue weighted by atomic mass is 15.0. The van der Waals surface area contributed by atoms with Crippen molar-refractivity contribution in [1.82, 2.24) is 19.5 Å². The van der Waals surface area contributed by atoms with E-state index in [1.807, 2.05) is 132 Å². The number of fused-ring (bicyclic) bond motifs is 3. The molecule has 0 fully saturated rings. The Bertz CT molecular complexity index is 3190. The Hall–Kier alpha value is -7.43. The summed E-state index contributed by atoms with van der Waals surface area (Å²) in [5.41, 5.74) is 10.7. The largest absolute Gasteiger partial charge is 0.309 e. The first-order valence-corrected chi connectivity index (χ1v) is 18.2. The van der Waals surface area contributed by atoms with Crippen molar-refractivity contribution in [3.05, 3.63) is 206 Å². The average molecular weight is 707 g/mol. The second-order valence-corrected chi connectivity index (χ2v) is 13.4. The summed E-state index contributed by atoms with van der Waals surface area (Å²) in [5, 5.41) is 1.19. The lowest BCUT2D eigenvalue weighted by atomic mass is 9.94. The second kappa shape index (κ2) is 13.8. The zero-order valence-electron chi connectivity index (χ0n) is 33.6. The first-order valence-electron chi connectivity index (χ1n) is 20.2. The summed E-state index contributed by atoms with van der Waals surface area (Å²) in [6.45, 7) is 0. The topological polar surface area (TPSA) is 43.6 Å². The molecule has 0 saturated carbocycles. The van der Waals surface area contributed by atoms with Crippen molar-refractivity contribution in [3.8, 4) is 73.2 Å². The minimum atomic E-state index is -0.287. The van der Waals surface area contributed by atoms with Crippen molar-refractivity contribution in [1.29, 1.82) is 0 Å². The van der Waals surface area contributed by atoms with Crippen LogP contribution in [-0.2, 0) is 0 Å². The first-order chi connectivity index (χ1) is 28.9. The third-order valence-electron chi connectivity index (χ3n) is 10.0. The van der Waals surface area contributed by atoms with Crippen molar-refractivity contribution < 1.29 is 5.48 Å². The summed E-state index contributed by atoms with van der Waals surface area (Å²) in [7, 11) is 0. The molecule has 55 heavy (non-hydrogen) atoms. The zero-order valence-corrected chi connectivity index (χ0v) is 29.6. The van der Waals surface area contributed by atoms with Crippen molar-refractivity contribution in [3.63, 3.8) is 0 Å². The molecule has 2 heterocycles. The number of para-hydroxylation sites is 1. The van der Waals surface area contributed by atoms with Gasteiger partial charge in [-0.25, -0.2) is 15.0 Å². The van der Waals surface area contributed by atoms with Gasteiger partial charge < -0.3 is 4.57 Å². The van der Waals surface area contributed by atoms with Gasteiger partial charge in [-0.05, 0) is 57.6 Å². The van der Waals surface area contributed by atoms with Crippen LogP contribution in [0.3, 0.4) is 0 Å². The monoisotopic (exact) mass is 706 g/mol. The Kier molecular flexibility index (Phi) is 7.08. The number of rotatable bonds is 7. The quantitative estimate of drug-likeness (QED) is 0.166. The number of aromatic nitrogens is 4. The Balaban J connectivity index is 1.17. The smallest absolute Gasteiger partial charge is 0.164 e. The highest BCUT2D eigenvalue weighted by Crippen LogP contribution is 2.38. The molecule has 10 rings (SSSR count). The summed E-state index contributed by atoms with van der Waals surface area (Å²) >= 11 is 0. The predicted molar refractivity (Wildman–Crippen MR) is 227 cm³/mol. The zero-order chi connectivity index (χ0) is 40.0. The molecule has 0 amide bonds. The Morgan fingerprint density at radius 3 is 1.53 bits per heavy atom. The van der Waals surface area contributed by atoms with Gasteiger partial charge in [0.25, 0.3) is 0 Å². The molecule has 0 aliphatic carbocycles. The van der Waals surface area contributed by atoms with Crippen LogP contribution in [0.5, 0.6) is 0 Å².